The predicted octanol–water partition coefficient (Wildman–Crippen LogP) is 8.71. The molecule has 0 saturated carbocycles. The summed E-state index contributed by atoms with van der Waals surface area (Å²) in [5.41, 5.74) is 0.617. The van der Waals surface area contributed by atoms with Crippen LogP contribution < -0.4 is 0 Å². The second-order valence-electron chi connectivity index (χ2n) is 13.6. The van der Waals surface area contributed by atoms with Gasteiger partial charge in [0.05, 0.1) is 19.2 Å². The van der Waals surface area contributed by atoms with Crippen molar-refractivity contribution in [3.05, 3.63) is 70.8 Å². The SMILES string of the molecule is COC(=O)CCCC[C@H]1CC[C@@H](c2ccc(F)c(F)c2)N1C(=O)OC(C)(C)C.O=C1CCCC[C@H]2CC[C@@H](c3ccc(F)c(F)c3)N12. The van der Waals surface area contributed by atoms with E-state index in [0.717, 1.165) is 68.7 Å². The van der Waals surface area contributed by atoms with Crippen molar-refractivity contribution < 1.29 is 41.4 Å². The summed E-state index contributed by atoms with van der Waals surface area (Å²) in [4.78, 5) is 39.9. The number of hydrogen-bond donors (Lipinski definition) is 0. The van der Waals surface area contributed by atoms with Crippen LogP contribution in [-0.4, -0.2) is 52.6 Å². The van der Waals surface area contributed by atoms with Gasteiger partial charge in [0, 0.05) is 24.9 Å². The average molecular weight is 663 g/mol. The van der Waals surface area contributed by atoms with Gasteiger partial charge in [0.2, 0.25) is 5.91 Å². The Kier molecular flexibility index (Phi) is 12.3. The predicted molar refractivity (Wildman–Crippen MR) is 168 cm³/mol. The summed E-state index contributed by atoms with van der Waals surface area (Å²) in [6.45, 7) is 5.37. The van der Waals surface area contributed by atoms with E-state index in [0.29, 0.717) is 37.7 Å². The first kappa shape index (κ1) is 36.2. The van der Waals surface area contributed by atoms with Gasteiger partial charge in [-0.15, -0.1) is 0 Å². The van der Waals surface area contributed by atoms with Crippen LogP contribution in [-0.2, 0) is 19.1 Å². The molecule has 2 aromatic carbocycles. The maximum absolute atomic E-state index is 13.7. The van der Waals surface area contributed by atoms with Crippen LogP contribution in [0.3, 0.4) is 0 Å². The van der Waals surface area contributed by atoms with Crippen LogP contribution in [0.5, 0.6) is 0 Å². The van der Waals surface area contributed by atoms with Gasteiger partial charge in [0.15, 0.2) is 23.3 Å². The fourth-order valence-corrected chi connectivity index (χ4v) is 6.93. The minimum absolute atomic E-state index is 0.0781. The molecular weight excluding hydrogens is 616 g/mol. The van der Waals surface area contributed by atoms with Gasteiger partial charge in [0.25, 0.3) is 0 Å². The van der Waals surface area contributed by atoms with E-state index in [1.807, 2.05) is 4.90 Å². The number of ether oxygens (including phenoxy) is 2. The normalized spacial score (nSPS) is 22.7. The molecule has 11 heteroatoms. The Labute approximate surface area is 274 Å². The van der Waals surface area contributed by atoms with Crippen molar-refractivity contribution in [1.29, 1.82) is 0 Å². The van der Waals surface area contributed by atoms with Crippen molar-refractivity contribution in [2.75, 3.05) is 7.11 Å². The topological polar surface area (TPSA) is 76.1 Å². The molecule has 3 saturated heterocycles. The summed E-state index contributed by atoms with van der Waals surface area (Å²) in [6.07, 6.45) is 8.83. The third kappa shape index (κ3) is 9.47. The fourth-order valence-electron chi connectivity index (χ4n) is 6.93. The number of rotatable bonds is 7. The average Bonchev–Trinajstić information content (AvgIpc) is 3.59. The van der Waals surface area contributed by atoms with Crippen LogP contribution in [0.2, 0.25) is 0 Å². The Bertz CT molecular complexity index is 1410. The first-order valence-electron chi connectivity index (χ1n) is 16.6. The molecule has 4 atom stereocenters. The molecule has 3 heterocycles. The monoisotopic (exact) mass is 662 g/mol. The minimum atomic E-state index is -0.928. The van der Waals surface area contributed by atoms with Crippen LogP contribution in [0.15, 0.2) is 36.4 Å². The van der Waals surface area contributed by atoms with Gasteiger partial charge in [-0.2, -0.15) is 0 Å². The quantitative estimate of drug-likeness (QED) is 0.168. The standard InChI is InChI=1S/C21H29F2NO4.C15H17F2NO/c1-21(2,3)28-20(26)24-15(7-5-6-8-19(25)27-4)10-12-18(24)14-9-11-16(22)17(23)13-14;16-12-7-5-10(9-13(12)17)14-8-6-11-3-1-2-4-15(19)18(11)14/h9,11,13,15,18H,5-8,10,12H2,1-4H3;5,7,9,11,14H,1-4,6,8H2/t15-,18-;11-,14-/m00/s1. The number of likely N-dealkylation sites (tertiary alicyclic amines) is 1. The summed E-state index contributed by atoms with van der Waals surface area (Å²) in [6, 6.07) is 7.50. The Morgan fingerprint density at radius 2 is 1.43 bits per heavy atom. The number of esters is 1. The van der Waals surface area contributed by atoms with Crippen LogP contribution >= 0.6 is 0 Å². The van der Waals surface area contributed by atoms with Gasteiger partial charge in [-0.05, 0) is 108 Å². The molecule has 2 aromatic rings. The summed E-state index contributed by atoms with van der Waals surface area (Å²) in [5, 5.41) is 0. The van der Waals surface area contributed by atoms with E-state index in [2.05, 4.69) is 4.74 Å². The highest BCUT2D eigenvalue weighted by atomic mass is 19.2. The van der Waals surface area contributed by atoms with Gasteiger partial charge in [-0.25, -0.2) is 22.4 Å². The number of hydrogen-bond acceptors (Lipinski definition) is 5. The smallest absolute Gasteiger partial charge is 0.411 e. The Morgan fingerprint density at radius 1 is 0.809 bits per heavy atom. The van der Waals surface area contributed by atoms with E-state index in [9.17, 15) is 31.9 Å². The van der Waals surface area contributed by atoms with E-state index in [1.54, 1.807) is 31.7 Å². The number of methoxy groups -OCH3 is 1. The van der Waals surface area contributed by atoms with Gasteiger partial charge in [-0.3, -0.25) is 14.5 Å². The van der Waals surface area contributed by atoms with Crippen molar-refractivity contribution in [2.24, 2.45) is 0 Å². The van der Waals surface area contributed by atoms with Gasteiger partial charge in [0.1, 0.15) is 5.60 Å². The zero-order valence-electron chi connectivity index (χ0n) is 27.7. The van der Waals surface area contributed by atoms with Gasteiger partial charge >= 0.3 is 12.1 Å². The Hall–Kier alpha value is -3.63. The molecule has 0 bridgehead atoms. The van der Waals surface area contributed by atoms with Gasteiger partial charge in [-0.1, -0.05) is 25.0 Å². The molecular formula is C36H46F4N2O5. The zero-order chi connectivity index (χ0) is 34.3. The first-order chi connectivity index (χ1) is 22.3. The van der Waals surface area contributed by atoms with E-state index in [1.165, 1.54) is 19.2 Å². The summed E-state index contributed by atoms with van der Waals surface area (Å²) in [7, 11) is 1.36. The second kappa shape index (κ2) is 16.0. The molecule has 258 valence electrons. The van der Waals surface area contributed by atoms with E-state index in [4.69, 9.17) is 4.74 Å². The van der Waals surface area contributed by atoms with Crippen LogP contribution in [0.4, 0.5) is 22.4 Å². The second-order valence-corrected chi connectivity index (χ2v) is 13.6. The lowest BCUT2D eigenvalue weighted by Gasteiger charge is -2.33. The lowest BCUT2D eigenvalue weighted by atomic mass is 10.0. The lowest BCUT2D eigenvalue weighted by Crippen LogP contribution is -2.41. The summed E-state index contributed by atoms with van der Waals surface area (Å²) in [5.74, 6) is -3.60. The molecule has 0 aromatic heterocycles. The highest BCUT2D eigenvalue weighted by molar-refractivity contribution is 5.77. The number of amides is 2. The molecule has 2 amide bonds. The number of fused-ring (bicyclic) bond motifs is 1. The first-order valence-corrected chi connectivity index (χ1v) is 16.6. The molecule has 7 nitrogen and oxygen atoms in total. The highest BCUT2D eigenvalue weighted by Crippen LogP contribution is 2.41. The molecule has 0 aliphatic carbocycles. The number of nitrogens with zero attached hydrogens (tertiary/aromatic N) is 2. The maximum atomic E-state index is 13.7. The molecule has 3 fully saturated rings. The van der Waals surface area contributed by atoms with E-state index >= 15 is 0 Å². The molecule has 3 aliphatic rings. The molecule has 5 rings (SSSR count). The van der Waals surface area contributed by atoms with Crippen molar-refractivity contribution in [1.82, 2.24) is 9.80 Å². The Morgan fingerprint density at radius 3 is 2.02 bits per heavy atom. The zero-order valence-corrected chi connectivity index (χ0v) is 27.7. The largest absolute Gasteiger partial charge is 0.469 e. The lowest BCUT2D eigenvalue weighted by molar-refractivity contribution is -0.140. The highest BCUT2D eigenvalue weighted by Gasteiger charge is 2.40. The van der Waals surface area contributed by atoms with E-state index in [-0.39, 0.29) is 36.0 Å². The van der Waals surface area contributed by atoms with Gasteiger partial charge < -0.3 is 14.4 Å². The molecule has 0 radical (unpaired) electrons. The van der Waals surface area contributed by atoms with Crippen molar-refractivity contribution in [3.8, 4) is 0 Å². The maximum Gasteiger partial charge on any atom is 0.411 e. The summed E-state index contributed by atoms with van der Waals surface area (Å²) >= 11 is 0. The summed E-state index contributed by atoms with van der Waals surface area (Å²) < 4.78 is 63.6. The molecule has 3 aliphatic heterocycles. The number of carbonyl (C=O) groups excluding carboxylic acids is 3. The van der Waals surface area contributed by atoms with E-state index < -0.39 is 35.0 Å². The molecule has 47 heavy (non-hydrogen) atoms. The van der Waals surface area contributed by atoms with Crippen molar-refractivity contribution in [3.63, 3.8) is 0 Å². The minimum Gasteiger partial charge on any atom is -0.469 e. The molecule has 0 unspecified atom stereocenters. The molecule has 0 spiro atoms. The molecule has 0 N–H and O–H groups in total. The van der Waals surface area contributed by atoms with Crippen molar-refractivity contribution in [2.45, 2.75) is 128 Å². The van der Waals surface area contributed by atoms with Crippen LogP contribution in [0, 0.1) is 23.3 Å². The fraction of sp³-hybridized carbons (Fsp3) is 0.583. The third-order valence-electron chi connectivity index (χ3n) is 9.13. The van der Waals surface area contributed by atoms with Crippen LogP contribution in [0.1, 0.15) is 121 Å². The number of carbonyl (C=O) groups is 3. The third-order valence-corrected chi connectivity index (χ3v) is 9.13. The van der Waals surface area contributed by atoms with Crippen LogP contribution in [0.25, 0.3) is 0 Å². The van der Waals surface area contributed by atoms with Crippen molar-refractivity contribution >= 4 is 18.0 Å². The number of halogens is 4. The Balaban J connectivity index is 0.000000228. The number of benzene rings is 2. The number of unbranched alkanes of at least 4 members (excludes halogenated alkanes) is 1.